The van der Waals surface area contributed by atoms with Crippen molar-refractivity contribution in [2.75, 3.05) is 0 Å². The van der Waals surface area contributed by atoms with Crippen molar-refractivity contribution in [3.63, 3.8) is 0 Å². The van der Waals surface area contributed by atoms with Crippen LogP contribution < -0.4 is 5.73 Å². The van der Waals surface area contributed by atoms with E-state index in [4.69, 9.17) is 10.8 Å². The molecular formula is C10H17N3O2. The zero-order valence-electron chi connectivity index (χ0n) is 9.05. The number of carbonyl (C=O) groups is 1. The Bertz CT molecular complexity index is 333. The molecule has 84 valence electrons. The van der Waals surface area contributed by atoms with Gasteiger partial charge in [-0.25, -0.2) is 4.98 Å². The Morgan fingerprint density at radius 1 is 1.67 bits per heavy atom. The number of aromatic nitrogens is 2. The lowest BCUT2D eigenvalue weighted by Crippen LogP contribution is -2.32. The van der Waals surface area contributed by atoms with Gasteiger partial charge in [0.15, 0.2) is 0 Å². The molecule has 0 bridgehead atoms. The number of aliphatic carboxylic acids is 1. The Morgan fingerprint density at radius 3 is 2.87 bits per heavy atom. The highest BCUT2D eigenvalue weighted by molar-refractivity contribution is 5.73. The SMILES string of the molecule is CC(C)Cn1cnc(C[C@@H](N)C(=O)O)c1. The van der Waals surface area contributed by atoms with E-state index in [9.17, 15) is 4.79 Å². The maximum atomic E-state index is 10.5. The summed E-state index contributed by atoms with van der Waals surface area (Å²) in [7, 11) is 0. The molecule has 0 spiro atoms. The molecule has 0 saturated heterocycles. The number of carboxylic acid groups (broad SMARTS) is 1. The Morgan fingerprint density at radius 2 is 2.33 bits per heavy atom. The highest BCUT2D eigenvalue weighted by Gasteiger charge is 2.13. The largest absolute Gasteiger partial charge is 0.480 e. The Kier molecular flexibility index (Phi) is 3.85. The molecule has 0 saturated carbocycles. The van der Waals surface area contributed by atoms with Crippen molar-refractivity contribution in [3.8, 4) is 0 Å². The molecule has 0 aliphatic heterocycles. The van der Waals surface area contributed by atoms with Crippen LogP contribution in [0.25, 0.3) is 0 Å². The first-order chi connectivity index (χ1) is 6.99. The molecular weight excluding hydrogens is 194 g/mol. The van der Waals surface area contributed by atoms with Crippen LogP contribution in [0.1, 0.15) is 19.5 Å². The van der Waals surface area contributed by atoms with E-state index in [1.165, 1.54) is 0 Å². The summed E-state index contributed by atoms with van der Waals surface area (Å²) in [6.45, 7) is 5.11. The van der Waals surface area contributed by atoms with Gasteiger partial charge in [0.25, 0.3) is 0 Å². The van der Waals surface area contributed by atoms with Gasteiger partial charge in [-0.05, 0) is 5.92 Å². The van der Waals surface area contributed by atoms with E-state index in [0.717, 1.165) is 12.2 Å². The zero-order chi connectivity index (χ0) is 11.4. The topological polar surface area (TPSA) is 81.1 Å². The molecule has 1 aromatic rings. The summed E-state index contributed by atoms with van der Waals surface area (Å²) < 4.78 is 1.95. The van der Waals surface area contributed by atoms with E-state index in [1.54, 1.807) is 6.33 Å². The van der Waals surface area contributed by atoms with Crippen molar-refractivity contribution in [1.29, 1.82) is 0 Å². The van der Waals surface area contributed by atoms with Crippen molar-refractivity contribution in [2.24, 2.45) is 11.7 Å². The number of nitrogens with zero attached hydrogens (tertiary/aromatic N) is 2. The minimum Gasteiger partial charge on any atom is -0.480 e. The van der Waals surface area contributed by atoms with E-state index in [1.807, 2.05) is 10.8 Å². The summed E-state index contributed by atoms with van der Waals surface area (Å²) in [5, 5.41) is 8.64. The summed E-state index contributed by atoms with van der Waals surface area (Å²) in [5.74, 6) is -0.450. The number of hydrogen-bond acceptors (Lipinski definition) is 3. The van der Waals surface area contributed by atoms with Crippen LogP contribution >= 0.6 is 0 Å². The second-order valence-corrected chi connectivity index (χ2v) is 4.10. The lowest BCUT2D eigenvalue weighted by atomic mass is 10.2. The average molecular weight is 211 g/mol. The normalized spacial score (nSPS) is 13.1. The lowest BCUT2D eigenvalue weighted by Gasteiger charge is -2.04. The third-order valence-electron chi connectivity index (χ3n) is 2.01. The molecule has 0 aromatic carbocycles. The van der Waals surface area contributed by atoms with Crippen LogP contribution in [0.15, 0.2) is 12.5 Å². The standard InChI is InChI=1S/C10H17N3O2/c1-7(2)4-13-5-8(12-6-13)3-9(11)10(14)15/h5-7,9H,3-4,11H2,1-2H3,(H,14,15)/t9-/m1/s1. The zero-order valence-corrected chi connectivity index (χ0v) is 9.05. The third-order valence-corrected chi connectivity index (χ3v) is 2.01. The van der Waals surface area contributed by atoms with Gasteiger partial charge in [0.2, 0.25) is 0 Å². The van der Waals surface area contributed by atoms with E-state index in [0.29, 0.717) is 5.92 Å². The molecule has 0 aliphatic rings. The smallest absolute Gasteiger partial charge is 0.320 e. The summed E-state index contributed by atoms with van der Waals surface area (Å²) >= 11 is 0. The molecule has 5 heteroatoms. The highest BCUT2D eigenvalue weighted by atomic mass is 16.4. The molecule has 1 rings (SSSR count). The minimum atomic E-state index is -0.992. The fraction of sp³-hybridized carbons (Fsp3) is 0.600. The maximum Gasteiger partial charge on any atom is 0.320 e. The Hall–Kier alpha value is -1.36. The molecule has 1 atom stereocenters. The van der Waals surface area contributed by atoms with E-state index in [-0.39, 0.29) is 6.42 Å². The van der Waals surface area contributed by atoms with Crippen LogP contribution in [-0.4, -0.2) is 26.7 Å². The van der Waals surface area contributed by atoms with Crippen LogP contribution in [0, 0.1) is 5.92 Å². The van der Waals surface area contributed by atoms with Gasteiger partial charge < -0.3 is 15.4 Å². The number of carboxylic acids is 1. The van der Waals surface area contributed by atoms with Crippen LogP contribution in [0.3, 0.4) is 0 Å². The van der Waals surface area contributed by atoms with Crippen molar-refractivity contribution in [2.45, 2.75) is 32.9 Å². The first-order valence-electron chi connectivity index (χ1n) is 4.98. The number of nitrogens with two attached hydrogens (primary N) is 1. The van der Waals surface area contributed by atoms with Gasteiger partial charge in [0.1, 0.15) is 6.04 Å². The number of imidazole rings is 1. The molecule has 1 heterocycles. The predicted octanol–water partition coefficient (Wildman–Crippen LogP) is 0.493. The van der Waals surface area contributed by atoms with Gasteiger partial charge in [-0.15, -0.1) is 0 Å². The highest BCUT2D eigenvalue weighted by Crippen LogP contribution is 2.03. The van der Waals surface area contributed by atoms with E-state index < -0.39 is 12.0 Å². The number of hydrogen-bond donors (Lipinski definition) is 2. The fourth-order valence-corrected chi connectivity index (χ4v) is 1.35. The first kappa shape index (κ1) is 11.7. The van der Waals surface area contributed by atoms with E-state index >= 15 is 0 Å². The van der Waals surface area contributed by atoms with Crippen molar-refractivity contribution >= 4 is 5.97 Å². The molecule has 0 fully saturated rings. The quantitative estimate of drug-likeness (QED) is 0.742. The third kappa shape index (κ3) is 3.71. The summed E-state index contributed by atoms with van der Waals surface area (Å²) in [6.07, 6.45) is 3.84. The molecule has 1 aromatic heterocycles. The molecule has 5 nitrogen and oxygen atoms in total. The Labute approximate surface area is 88.9 Å². The van der Waals surface area contributed by atoms with Crippen LogP contribution in [0.4, 0.5) is 0 Å². The average Bonchev–Trinajstić information content (AvgIpc) is 2.51. The van der Waals surface area contributed by atoms with E-state index in [2.05, 4.69) is 18.8 Å². The van der Waals surface area contributed by atoms with Crippen LogP contribution in [-0.2, 0) is 17.8 Å². The molecule has 0 unspecified atom stereocenters. The van der Waals surface area contributed by atoms with Crippen LogP contribution in [0.5, 0.6) is 0 Å². The lowest BCUT2D eigenvalue weighted by molar-refractivity contribution is -0.138. The summed E-state index contributed by atoms with van der Waals surface area (Å²) in [6, 6.07) is -0.868. The van der Waals surface area contributed by atoms with Gasteiger partial charge in [-0.2, -0.15) is 0 Å². The summed E-state index contributed by atoms with van der Waals surface area (Å²) in [4.78, 5) is 14.6. The molecule has 0 radical (unpaired) electrons. The second kappa shape index (κ2) is 4.93. The second-order valence-electron chi connectivity index (χ2n) is 4.10. The van der Waals surface area contributed by atoms with Gasteiger partial charge in [0, 0.05) is 19.2 Å². The van der Waals surface area contributed by atoms with Crippen molar-refractivity contribution < 1.29 is 9.90 Å². The van der Waals surface area contributed by atoms with Crippen molar-refractivity contribution in [1.82, 2.24) is 9.55 Å². The first-order valence-corrected chi connectivity index (χ1v) is 4.98. The minimum absolute atomic E-state index is 0.278. The Balaban J connectivity index is 2.56. The van der Waals surface area contributed by atoms with Crippen molar-refractivity contribution in [3.05, 3.63) is 18.2 Å². The molecule has 15 heavy (non-hydrogen) atoms. The monoisotopic (exact) mass is 211 g/mol. The molecule has 0 aliphatic carbocycles. The fourth-order valence-electron chi connectivity index (χ4n) is 1.35. The van der Waals surface area contributed by atoms with Gasteiger partial charge in [-0.3, -0.25) is 4.79 Å². The van der Waals surface area contributed by atoms with Gasteiger partial charge in [-0.1, -0.05) is 13.8 Å². The predicted molar refractivity (Wildman–Crippen MR) is 56.4 cm³/mol. The van der Waals surface area contributed by atoms with Gasteiger partial charge >= 0.3 is 5.97 Å². The molecule has 0 amide bonds. The van der Waals surface area contributed by atoms with Gasteiger partial charge in [0.05, 0.1) is 12.0 Å². The van der Waals surface area contributed by atoms with Crippen LogP contribution in [0.2, 0.25) is 0 Å². The summed E-state index contributed by atoms with van der Waals surface area (Å²) in [5.41, 5.74) is 6.14. The number of rotatable bonds is 5. The maximum absolute atomic E-state index is 10.5. The molecule has 3 N–H and O–H groups in total.